The molecule has 1 fully saturated rings. The second kappa shape index (κ2) is 10.8. The van der Waals surface area contributed by atoms with Gasteiger partial charge in [-0.3, -0.25) is 9.79 Å². The Labute approximate surface area is 188 Å². The van der Waals surface area contributed by atoms with Crippen LogP contribution in [0.4, 0.5) is 0 Å². The van der Waals surface area contributed by atoms with Gasteiger partial charge in [-0.15, -0.1) is 35.3 Å². The first-order valence-electron chi connectivity index (χ1n) is 9.23. The third-order valence-corrected chi connectivity index (χ3v) is 5.48. The van der Waals surface area contributed by atoms with Crippen molar-refractivity contribution < 1.29 is 4.79 Å². The number of benzene rings is 1. The average Bonchev–Trinajstić information content (AvgIpc) is 3.25. The lowest BCUT2D eigenvalue weighted by atomic mass is 10.1. The highest BCUT2D eigenvalue weighted by Crippen LogP contribution is 2.15. The summed E-state index contributed by atoms with van der Waals surface area (Å²) in [4.78, 5) is 24.6. The van der Waals surface area contributed by atoms with Crippen molar-refractivity contribution in [1.82, 2.24) is 20.1 Å². The third-order valence-electron chi connectivity index (χ3n) is 4.66. The minimum atomic E-state index is 0. The van der Waals surface area contributed by atoms with Crippen molar-refractivity contribution in [1.29, 1.82) is 0 Å². The van der Waals surface area contributed by atoms with Crippen LogP contribution in [-0.4, -0.2) is 47.3 Å². The summed E-state index contributed by atoms with van der Waals surface area (Å²) < 4.78 is 0. The van der Waals surface area contributed by atoms with Crippen molar-refractivity contribution in [3.63, 3.8) is 0 Å². The van der Waals surface area contributed by atoms with E-state index in [0.29, 0.717) is 19.5 Å². The van der Waals surface area contributed by atoms with Crippen molar-refractivity contribution in [2.75, 3.05) is 20.6 Å². The van der Waals surface area contributed by atoms with Gasteiger partial charge in [0, 0.05) is 45.5 Å². The standard InChI is InChI=1S/C20H27N5OS.HI/c1-15-23-18(14-27-15)13-24(3)20(21-2)22-11-16-6-8-17(9-7-16)12-25-10-4-5-19(25)26;/h6-9,14H,4-5,10-13H2,1-3H3,(H,21,22);1H. The minimum Gasteiger partial charge on any atom is -0.352 e. The highest BCUT2D eigenvalue weighted by molar-refractivity contribution is 14.0. The molecule has 0 bridgehead atoms. The maximum atomic E-state index is 11.7. The molecule has 1 N–H and O–H groups in total. The van der Waals surface area contributed by atoms with E-state index in [1.54, 1.807) is 18.4 Å². The van der Waals surface area contributed by atoms with Crippen LogP contribution >= 0.6 is 35.3 Å². The Hall–Kier alpha value is -1.68. The second-order valence-corrected chi connectivity index (χ2v) is 7.91. The van der Waals surface area contributed by atoms with Gasteiger partial charge >= 0.3 is 0 Å². The van der Waals surface area contributed by atoms with Crippen LogP contribution in [0, 0.1) is 6.92 Å². The molecule has 0 radical (unpaired) electrons. The first kappa shape index (κ1) is 22.6. The molecule has 3 rings (SSSR count). The number of halogens is 1. The molecular weight excluding hydrogens is 485 g/mol. The van der Waals surface area contributed by atoms with E-state index in [-0.39, 0.29) is 29.9 Å². The second-order valence-electron chi connectivity index (χ2n) is 6.85. The van der Waals surface area contributed by atoms with Gasteiger partial charge in [0.05, 0.1) is 17.2 Å². The van der Waals surface area contributed by atoms with E-state index in [2.05, 4.69) is 49.8 Å². The van der Waals surface area contributed by atoms with Crippen LogP contribution < -0.4 is 5.32 Å². The van der Waals surface area contributed by atoms with E-state index in [4.69, 9.17) is 0 Å². The maximum Gasteiger partial charge on any atom is 0.222 e. The zero-order valence-electron chi connectivity index (χ0n) is 16.6. The van der Waals surface area contributed by atoms with Gasteiger partial charge in [-0.05, 0) is 24.5 Å². The van der Waals surface area contributed by atoms with Crippen LogP contribution in [0.15, 0.2) is 34.6 Å². The highest BCUT2D eigenvalue weighted by Gasteiger charge is 2.19. The minimum absolute atomic E-state index is 0. The molecule has 1 aliphatic heterocycles. The summed E-state index contributed by atoms with van der Waals surface area (Å²) >= 11 is 1.67. The Morgan fingerprint density at radius 3 is 2.61 bits per heavy atom. The molecular formula is C20H28IN5OS. The fourth-order valence-corrected chi connectivity index (χ4v) is 3.82. The van der Waals surface area contributed by atoms with E-state index in [1.807, 2.05) is 18.9 Å². The van der Waals surface area contributed by atoms with Gasteiger partial charge in [-0.25, -0.2) is 4.98 Å². The molecule has 2 heterocycles. The molecule has 0 unspecified atom stereocenters. The van der Waals surface area contributed by atoms with Crippen molar-refractivity contribution in [2.24, 2.45) is 4.99 Å². The number of likely N-dealkylation sites (tertiary alicyclic amines) is 1. The van der Waals surface area contributed by atoms with Crippen LogP contribution in [0.2, 0.25) is 0 Å². The Kier molecular flexibility index (Phi) is 8.68. The van der Waals surface area contributed by atoms with E-state index in [1.165, 1.54) is 11.1 Å². The van der Waals surface area contributed by atoms with Gasteiger partial charge in [0.15, 0.2) is 5.96 Å². The normalized spacial score (nSPS) is 14.2. The van der Waals surface area contributed by atoms with Crippen LogP contribution in [0.25, 0.3) is 0 Å². The molecule has 0 spiro atoms. The molecule has 152 valence electrons. The van der Waals surface area contributed by atoms with Crippen LogP contribution in [0.3, 0.4) is 0 Å². The molecule has 0 aliphatic carbocycles. The van der Waals surface area contributed by atoms with E-state index >= 15 is 0 Å². The zero-order chi connectivity index (χ0) is 19.2. The van der Waals surface area contributed by atoms with Crippen LogP contribution in [-0.2, 0) is 24.4 Å². The number of hydrogen-bond acceptors (Lipinski definition) is 4. The van der Waals surface area contributed by atoms with Crippen molar-refractivity contribution in [3.8, 4) is 0 Å². The van der Waals surface area contributed by atoms with E-state index in [0.717, 1.165) is 36.2 Å². The number of nitrogens with one attached hydrogen (secondary N) is 1. The number of aromatic nitrogens is 1. The molecule has 0 saturated carbocycles. The highest BCUT2D eigenvalue weighted by atomic mass is 127. The number of rotatable bonds is 6. The Morgan fingerprint density at radius 1 is 1.32 bits per heavy atom. The lowest BCUT2D eigenvalue weighted by Crippen LogP contribution is -2.38. The van der Waals surface area contributed by atoms with E-state index < -0.39 is 0 Å². The predicted octanol–water partition coefficient (Wildman–Crippen LogP) is 3.40. The summed E-state index contributed by atoms with van der Waals surface area (Å²) in [7, 11) is 3.81. The lowest BCUT2D eigenvalue weighted by molar-refractivity contribution is -0.128. The number of thiazole rings is 1. The van der Waals surface area contributed by atoms with Gasteiger partial charge in [0.2, 0.25) is 5.91 Å². The number of guanidine groups is 1. The molecule has 2 aromatic rings. The summed E-state index contributed by atoms with van der Waals surface area (Å²) in [5, 5.41) is 6.57. The zero-order valence-corrected chi connectivity index (χ0v) is 19.8. The van der Waals surface area contributed by atoms with E-state index in [9.17, 15) is 4.79 Å². The van der Waals surface area contributed by atoms with Gasteiger partial charge in [0.25, 0.3) is 0 Å². The Morgan fingerprint density at radius 2 is 2.04 bits per heavy atom. The first-order valence-corrected chi connectivity index (χ1v) is 10.1. The van der Waals surface area contributed by atoms with Crippen molar-refractivity contribution in [3.05, 3.63) is 51.5 Å². The summed E-state index contributed by atoms with van der Waals surface area (Å²) in [5.74, 6) is 1.11. The number of amides is 1. The lowest BCUT2D eigenvalue weighted by Gasteiger charge is -2.21. The topological polar surface area (TPSA) is 60.8 Å². The molecule has 8 heteroatoms. The molecule has 1 saturated heterocycles. The Balaban J connectivity index is 0.00000280. The summed E-state index contributed by atoms with van der Waals surface area (Å²) in [5.41, 5.74) is 3.42. The molecule has 1 aliphatic rings. The van der Waals surface area contributed by atoms with Gasteiger partial charge < -0.3 is 15.1 Å². The fourth-order valence-electron chi connectivity index (χ4n) is 3.22. The fraction of sp³-hybridized carbons (Fsp3) is 0.450. The molecule has 1 aromatic heterocycles. The van der Waals surface area contributed by atoms with Gasteiger partial charge in [0.1, 0.15) is 0 Å². The monoisotopic (exact) mass is 513 g/mol. The predicted molar refractivity (Wildman–Crippen MR) is 125 cm³/mol. The first-order chi connectivity index (χ1) is 13.0. The largest absolute Gasteiger partial charge is 0.352 e. The summed E-state index contributed by atoms with van der Waals surface area (Å²) in [6, 6.07) is 8.43. The molecule has 1 aromatic carbocycles. The quantitative estimate of drug-likeness (QED) is 0.366. The molecule has 6 nitrogen and oxygen atoms in total. The molecule has 1 amide bonds. The SMILES string of the molecule is CN=C(NCc1ccc(CN2CCCC2=O)cc1)N(C)Cc1csc(C)n1.I. The third kappa shape index (κ3) is 6.16. The molecule has 28 heavy (non-hydrogen) atoms. The number of hydrogen-bond donors (Lipinski definition) is 1. The summed E-state index contributed by atoms with van der Waals surface area (Å²) in [6.07, 6.45) is 1.67. The van der Waals surface area contributed by atoms with Gasteiger partial charge in [-0.1, -0.05) is 24.3 Å². The smallest absolute Gasteiger partial charge is 0.222 e. The average molecular weight is 513 g/mol. The van der Waals surface area contributed by atoms with Crippen molar-refractivity contribution in [2.45, 2.75) is 39.4 Å². The Bertz CT molecular complexity index is 805. The number of carbonyl (C=O) groups excluding carboxylic acids is 1. The maximum absolute atomic E-state index is 11.7. The van der Waals surface area contributed by atoms with Crippen LogP contribution in [0.1, 0.15) is 34.7 Å². The van der Waals surface area contributed by atoms with Gasteiger partial charge in [-0.2, -0.15) is 0 Å². The summed E-state index contributed by atoms with van der Waals surface area (Å²) in [6.45, 7) is 5.04. The number of aliphatic imine (C=N–C) groups is 1. The van der Waals surface area contributed by atoms with Crippen LogP contribution in [0.5, 0.6) is 0 Å². The number of aryl methyl sites for hydroxylation is 1. The molecule has 0 atom stereocenters. The van der Waals surface area contributed by atoms with Crippen molar-refractivity contribution >= 4 is 47.2 Å². The number of carbonyl (C=O) groups is 1. The number of nitrogens with zero attached hydrogens (tertiary/aromatic N) is 4.